The topological polar surface area (TPSA) is 49.3 Å². The van der Waals surface area contributed by atoms with Crippen LogP contribution >= 0.6 is 47.1 Å². The molecular weight excluding hydrogens is 427 g/mol. The SMILES string of the molecule is CCNC(=NCCc1sc(C)nc1C)NC1CCCSC1.I. The van der Waals surface area contributed by atoms with Crippen LogP contribution in [0, 0.1) is 13.8 Å². The van der Waals surface area contributed by atoms with E-state index in [1.54, 1.807) is 11.3 Å². The van der Waals surface area contributed by atoms with E-state index in [9.17, 15) is 0 Å². The number of nitrogens with one attached hydrogen (secondary N) is 2. The zero-order chi connectivity index (χ0) is 15.1. The van der Waals surface area contributed by atoms with Gasteiger partial charge in [-0.05, 0) is 39.4 Å². The first-order valence-electron chi connectivity index (χ1n) is 7.74. The Morgan fingerprint density at radius 3 is 2.82 bits per heavy atom. The number of halogens is 1. The van der Waals surface area contributed by atoms with E-state index >= 15 is 0 Å². The number of nitrogens with zero attached hydrogens (tertiary/aromatic N) is 2. The Labute approximate surface area is 159 Å². The molecule has 1 aliphatic heterocycles. The number of aliphatic imine (C=N–C) groups is 1. The second-order valence-corrected chi connectivity index (χ2v) is 7.75. The van der Waals surface area contributed by atoms with Gasteiger partial charge in [0.2, 0.25) is 0 Å². The molecule has 0 saturated carbocycles. The Balaban J connectivity index is 0.00000242. The van der Waals surface area contributed by atoms with Crippen LogP contribution in [-0.4, -0.2) is 41.6 Å². The fourth-order valence-electron chi connectivity index (χ4n) is 2.44. The Morgan fingerprint density at radius 1 is 1.41 bits per heavy atom. The van der Waals surface area contributed by atoms with E-state index in [0.717, 1.165) is 36.2 Å². The lowest BCUT2D eigenvalue weighted by Crippen LogP contribution is -2.45. The Kier molecular flexibility index (Phi) is 9.74. The molecule has 22 heavy (non-hydrogen) atoms. The van der Waals surface area contributed by atoms with Crippen molar-refractivity contribution in [2.75, 3.05) is 24.6 Å². The molecule has 1 aromatic heterocycles. The summed E-state index contributed by atoms with van der Waals surface area (Å²) >= 11 is 3.83. The van der Waals surface area contributed by atoms with Gasteiger partial charge in [-0.1, -0.05) is 0 Å². The molecule has 0 radical (unpaired) electrons. The van der Waals surface area contributed by atoms with Crippen LogP contribution in [0.3, 0.4) is 0 Å². The molecule has 4 nitrogen and oxygen atoms in total. The van der Waals surface area contributed by atoms with E-state index in [0.29, 0.717) is 6.04 Å². The van der Waals surface area contributed by atoms with Gasteiger partial charge in [0.15, 0.2) is 5.96 Å². The molecule has 1 fully saturated rings. The first-order chi connectivity index (χ1) is 10.2. The van der Waals surface area contributed by atoms with Crippen LogP contribution in [0.4, 0.5) is 0 Å². The summed E-state index contributed by atoms with van der Waals surface area (Å²) in [6.07, 6.45) is 3.54. The second kappa shape index (κ2) is 10.7. The van der Waals surface area contributed by atoms with Crippen LogP contribution in [0.2, 0.25) is 0 Å². The normalized spacial score (nSPS) is 18.7. The van der Waals surface area contributed by atoms with Crippen molar-refractivity contribution in [2.45, 2.75) is 46.1 Å². The van der Waals surface area contributed by atoms with E-state index < -0.39 is 0 Å². The molecule has 0 aliphatic carbocycles. The van der Waals surface area contributed by atoms with Crippen molar-refractivity contribution in [1.29, 1.82) is 0 Å². The molecule has 1 unspecified atom stereocenters. The quantitative estimate of drug-likeness (QED) is 0.407. The molecule has 1 saturated heterocycles. The highest BCUT2D eigenvalue weighted by Crippen LogP contribution is 2.18. The number of guanidine groups is 1. The molecule has 0 aromatic carbocycles. The number of aromatic nitrogens is 1. The number of thiazole rings is 1. The average Bonchev–Trinajstić information content (AvgIpc) is 2.78. The van der Waals surface area contributed by atoms with Crippen molar-refractivity contribution < 1.29 is 0 Å². The molecule has 7 heteroatoms. The van der Waals surface area contributed by atoms with Gasteiger partial charge in [0.1, 0.15) is 0 Å². The Bertz CT molecular complexity index is 470. The maximum atomic E-state index is 4.72. The van der Waals surface area contributed by atoms with Crippen molar-refractivity contribution in [3.8, 4) is 0 Å². The monoisotopic (exact) mass is 454 g/mol. The molecule has 2 rings (SSSR count). The van der Waals surface area contributed by atoms with E-state index in [-0.39, 0.29) is 24.0 Å². The number of rotatable bonds is 5. The summed E-state index contributed by atoms with van der Waals surface area (Å²) in [5, 5.41) is 8.07. The third kappa shape index (κ3) is 6.62. The van der Waals surface area contributed by atoms with Gasteiger partial charge in [-0.25, -0.2) is 4.98 Å². The minimum absolute atomic E-state index is 0. The highest BCUT2D eigenvalue weighted by atomic mass is 127. The predicted molar refractivity (Wildman–Crippen MR) is 110 cm³/mol. The van der Waals surface area contributed by atoms with Crippen molar-refractivity contribution in [3.63, 3.8) is 0 Å². The van der Waals surface area contributed by atoms with Crippen LogP contribution in [0.1, 0.15) is 35.3 Å². The average molecular weight is 454 g/mol. The molecule has 2 N–H and O–H groups in total. The van der Waals surface area contributed by atoms with Crippen LogP contribution in [0.25, 0.3) is 0 Å². The lowest BCUT2D eigenvalue weighted by atomic mass is 10.2. The molecule has 1 atom stereocenters. The summed E-state index contributed by atoms with van der Waals surface area (Å²) in [6.45, 7) is 7.99. The number of hydrogen-bond donors (Lipinski definition) is 2. The van der Waals surface area contributed by atoms with Gasteiger partial charge >= 0.3 is 0 Å². The molecule has 0 spiro atoms. The van der Waals surface area contributed by atoms with Crippen LogP contribution in [0.5, 0.6) is 0 Å². The third-order valence-electron chi connectivity index (χ3n) is 3.45. The Morgan fingerprint density at radius 2 is 2.23 bits per heavy atom. The van der Waals surface area contributed by atoms with Crippen molar-refractivity contribution in [3.05, 3.63) is 15.6 Å². The van der Waals surface area contributed by atoms with Gasteiger partial charge in [-0.3, -0.25) is 4.99 Å². The van der Waals surface area contributed by atoms with Gasteiger partial charge in [-0.2, -0.15) is 11.8 Å². The lowest BCUT2D eigenvalue weighted by molar-refractivity contribution is 0.582. The smallest absolute Gasteiger partial charge is 0.191 e. The van der Waals surface area contributed by atoms with Crippen molar-refractivity contribution >= 4 is 53.0 Å². The fraction of sp³-hybridized carbons (Fsp3) is 0.733. The largest absolute Gasteiger partial charge is 0.357 e. The molecule has 1 aromatic rings. The van der Waals surface area contributed by atoms with Gasteiger partial charge in [0.25, 0.3) is 0 Å². The molecular formula is C15H27IN4S2. The van der Waals surface area contributed by atoms with Gasteiger partial charge in [0, 0.05) is 36.2 Å². The first-order valence-corrected chi connectivity index (χ1v) is 9.71. The van der Waals surface area contributed by atoms with Crippen LogP contribution in [0.15, 0.2) is 4.99 Å². The summed E-state index contributed by atoms with van der Waals surface area (Å²) in [5.41, 5.74) is 1.16. The summed E-state index contributed by atoms with van der Waals surface area (Å²) in [7, 11) is 0. The van der Waals surface area contributed by atoms with E-state index in [1.807, 2.05) is 11.8 Å². The third-order valence-corrected chi connectivity index (χ3v) is 5.80. The highest BCUT2D eigenvalue weighted by molar-refractivity contribution is 14.0. The zero-order valence-corrected chi connectivity index (χ0v) is 17.6. The molecule has 0 bridgehead atoms. The van der Waals surface area contributed by atoms with E-state index in [4.69, 9.17) is 4.99 Å². The summed E-state index contributed by atoms with van der Waals surface area (Å²) in [4.78, 5) is 10.6. The van der Waals surface area contributed by atoms with Crippen LogP contribution in [-0.2, 0) is 6.42 Å². The first kappa shape index (κ1) is 20.0. The van der Waals surface area contributed by atoms with Crippen molar-refractivity contribution in [1.82, 2.24) is 15.6 Å². The van der Waals surface area contributed by atoms with E-state index in [1.165, 1.54) is 29.2 Å². The minimum atomic E-state index is 0. The number of thioether (sulfide) groups is 1. The van der Waals surface area contributed by atoms with E-state index in [2.05, 4.69) is 36.4 Å². The minimum Gasteiger partial charge on any atom is -0.357 e. The molecule has 0 amide bonds. The fourth-order valence-corrected chi connectivity index (χ4v) is 4.44. The molecule has 1 aliphatic rings. The molecule has 126 valence electrons. The van der Waals surface area contributed by atoms with Crippen LogP contribution < -0.4 is 10.6 Å². The maximum absolute atomic E-state index is 4.72. The highest BCUT2D eigenvalue weighted by Gasteiger charge is 2.14. The van der Waals surface area contributed by atoms with Gasteiger partial charge < -0.3 is 10.6 Å². The lowest BCUT2D eigenvalue weighted by Gasteiger charge is -2.24. The summed E-state index contributed by atoms with van der Waals surface area (Å²) < 4.78 is 0. The summed E-state index contributed by atoms with van der Waals surface area (Å²) in [5.74, 6) is 3.46. The van der Waals surface area contributed by atoms with Crippen molar-refractivity contribution in [2.24, 2.45) is 4.99 Å². The number of aryl methyl sites for hydroxylation is 2. The summed E-state index contributed by atoms with van der Waals surface area (Å²) in [6, 6.07) is 0.564. The zero-order valence-electron chi connectivity index (χ0n) is 13.6. The standard InChI is InChI=1S/C15H26N4S2.HI/c1-4-16-15(19-13-6-5-9-20-10-13)17-8-7-14-11(2)18-12(3)21-14;/h13H,4-10H2,1-3H3,(H2,16,17,19);1H. The maximum Gasteiger partial charge on any atom is 0.191 e. The molecule has 2 heterocycles. The number of hydrogen-bond acceptors (Lipinski definition) is 4. The van der Waals surface area contributed by atoms with Gasteiger partial charge in [0.05, 0.1) is 10.7 Å². The predicted octanol–water partition coefficient (Wildman–Crippen LogP) is 3.37. The Hall–Kier alpha value is -0.0200. The second-order valence-electron chi connectivity index (χ2n) is 5.31. The van der Waals surface area contributed by atoms with Gasteiger partial charge in [-0.15, -0.1) is 35.3 Å².